The lowest BCUT2D eigenvalue weighted by molar-refractivity contribution is -0.387. The van der Waals surface area contributed by atoms with Gasteiger partial charge in [0, 0.05) is 23.1 Å². The molecule has 136 valence electrons. The van der Waals surface area contributed by atoms with Crippen LogP contribution >= 0.6 is 11.8 Å². The fraction of sp³-hybridized carbons (Fsp3) is 0.222. The Kier molecular flexibility index (Phi) is 6.74. The largest absolute Gasteiger partial charge is 0.469 e. The molecule has 0 heterocycles. The Hall–Kier alpha value is -2.87. The number of carbonyl (C=O) groups is 2. The van der Waals surface area contributed by atoms with Crippen LogP contribution in [0.4, 0.5) is 5.69 Å². The molecule has 0 fully saturated rings. The smallest absolute Gasteiger partial charge is 0.309 e. The second-order valence-electron chi connectivity index (χ2n) is 5.30. The number of hydrogen-bond donors (Lipinski definition) is 1. The first kappa shape index (κ1) is 19.5. The third-order valence-electron chi connectivity index (χ3n) is 3.48. The molecule has 0 saturated heterocycles. The first-order valence-electron chi connectivity index (χ1n) is 7.84. The van der Waals surface area contributed by atoms with Gasteiger partial charge in [-0.1, -0.05) is 23.9 Å². The van der Waals surface area contributed by atoms with Gasteiger partial charge in [0.1, 0.15) is 0 Å². The summed E-state index contributed by atoms with van der Waals surface area (Å²) in [5.74, 6) is -0.679. The zero-order valence-electron chi connectivity index (χ0n) is 14.4. The molecule has 7 nitrogen and oxygen atoms in total. The Balaban J connectivity index is 2.21. The highest BCUT2D eigenvalue weighted by Gasteiger charge is 2.18. The summed E-state index contributed by atoms with van der Waals surface area (Å²) in [6.07, 6.45) is 0.169. The summed E-state index contributed by atoms with van der Waals surface area (Å²) in [4.78, 5) is 35.2. The van der Waals surface area contributed by atoms with Crippen LogP contribution in [-0.2, 0) is 16.0 Å². The number of carbonyl (C=O) groups excluding carboxylic acids is 2. The van der Waals surface area contributed by atoms with E-state index in [0.717, 1.165) is 10.5 Å². The SMILES string of the molecule is CCNC(=O)c1ccc(Sc2ccc(CC(=O)OC)cc2)c([N+](=O)[O-])c1. The first-order valence-corrected chi connectivity index (χ1v) is 8.66. The first-order chi connectivity index (χ1) is 12.4. The molecule has 2 aromatic carbocycles. The van der Waals surface area contributed by atoms with Crippen LogP contribution in [-0.4, -0.2) is 30.5 Å². The van der Waals surface area contributed by atoms with Crippen molar-refractivity contribution in [2.45, 2.75) is 23.1 Å². The van der Waals surface area contributed by atoms with Crippen molar-refractivity contribution < 1.29 is 19.2 Å². The zero-order chi connectivity index (χ0) is 19.1. The van der Waals surface area contributed by atoms with Gasteiger partial charge in [0.05, 0.1) is 23.3 Å². The molecule has 26 heavy (non-hydrogen) atoms. The predicted octanol–water partition coefficient (Wildman–Crippen LogP) is 3.21. The summed E-state index contributed by atoms with van der Waals surface area (Å²) in [5.41, 5.74) is 0.913. The molecule has 8 heteroatoms. The molecule has 0 aliphatic rings. The van der Waals surface area contributed by atoms with Crippen LogP contribution in [0.2, 0.25) is 0 Å². The quantitative estimate of drug-likeness (QED) is 0.454. The van der Waals surface area contributed by atoms with E-state index in [0.29, 0.717) is 11.4 Å². The van der Waals surface area contributed by atoms with Crippen molar-refractivity contribution in [3.8, 4) is 0 Å². The number of hydrogen-bond acceptors (Lipinski definition) is 6. The van der Waals surface area contributed by atoms with Crippen molar-refractivity contribution in [3.05, 3.63) is 63.7 Å². The van der Waals surface area contributed by atoms with E-state index in [-0.39, 0.29) is 29.5 Å². The monoisotopic (exact) mass is 374 g/mol. The van der Waals surface area contributed by atoms with Gasteiger partial charge in [-0.3, -0.25) is 19.7 Å². The molecule has 1 N–H and O–H groups in total. The van der Waals surface area contributed by atoms with Crippen LogP contribution in [0.1, 0.15) is 22.8 Å². The molecule has 0 bridgehead atoms. The summed E-state index contributed by atoms with van der Waals surface area (Å²) in [6.45, 7) is 2.22. The highest BCUT2D eigenvalue weighted by atomic mass is 32.2. The van der Waals surface area contributed by atoms with E-state index in [9.17, 15) is 19.7 Å². The molecule has 1 amide bonds. The topological polar surface area (TPSA) is 98.5 Å². The zero-order valence-corrected chi connectivity index (χ0v) is 15.2. The summed E-state index contributed by atoms with van der Waals surface area (Å²) in [5, 5.41) is 14.0. The second kappa shape index (κ2) is 9.00. The minimum atomic E-state index is -0.503. The van der Waals surface area contributed by atoms with Crippen LogP contribution in [0.15, 0.2) is 52.3 Å². The van der Waals surface area contributed by atoms with E-state index in [1.807, 2.05) is 0 Å². The number of amides is 1. The van der Waals surface area contributed by atoms with E-state index < -0.39 is 4.92 Å². The number of rotatable bonds is 7. The number of ether oxygens (including phenoxy) is 1. The molecule has 0 spiro atoms. The van der Waals surface area contributed by atoms with Gasteiger partial charge in [-0.15, -0.1) is 0 Å². The molecule has 2 rings (SSSR count). The van der Waals surface area contributed by atoms with Gasteiger partial charge in [-0.2, -0.15) is 0 Å². The molecule has 0 radical (unpaired) electrons. The highest BCUT2D eigenvalue weighted by molar-refractivity contribution is 7.99. The van der Waals surface area contributed by atoms with E-state index in [2.05, 4.69) is 10.1 Å². The summed E-state index contributed by atoms with van der Waals surface area (Å²) >= 11 is 1.22. The van der Waals surface area contributed by atoms with Crippen molar-refractivity contribution in [2.24, 2.45) is 0 Å². The van der Waals surface area contributed by atoms with Crippen molar-refractivity contribution in [1.29, 1.82) is 0 Å². The van der Waals surface area contributed by atoms with Crippen LogP contribution in [0, 0.1) is 10.1 Å². The molecular weight excluding hydrogens is 356 g/mol. The maximum absolute atomic E-state index is 11.9. The lowest BCUT2D eigenvalue weighted by atomic mass is 10.1. The molecule has 0 unspecified atom stereocenters. The van der Waals surface area contributed by atoms with E-state index in [4.69, 9.17) is 0 Å². The molecule has 0 aliphatic carbocycles. The normalized spacial score (nSPS) is 10.2. The van der Waals surface area contributed by atoms with Gasteiger partial charge < -0.3 is 10.1 Å². The predicted molar refractivity (Wildman–Crippen MR) is 97.4 cm³/mol. The van der Waals surface area contributed by atoms with Gasteiger partial charge in [-0.05, 0) is 36.8 Å². The van der Waals surface area contributed by atoms with Gasteiger partial charge in [-0.25, -0.2) is 0 Å². The van der Waals surface area contributed by atoms with Gasteiger partial charge in [0.25, 0.3) is 11.6 Å². The number of methoxy groups -OCH3 is 1. The number of nitrogens with zero attached hydrogens (tertiary/aromatic N) is 1. The van der Waals surface area contributed by atoms with Gasteiger partial charge in [0.15, 0.2) is 0 Å². The lowest BCUT2D eigenvalue weighted by Crippen LogP contribution is -2.22. The van der Waals surface area contributed by atoms with Crippen molar-refractivity contribution >= 4 is 29.3 Å². The number of nitrogens with one attached hydrogen (secondary N) is 1. The van der Waals surface area contributed by atoms with Crippen LogP contribution in [0.5, 0.6) is 0 Å². The molecule has 0 saturated carbocycles. The van der Waals surface area contributed by atoms with E-state index in [1.54, 1.807) is 43.3 Å². The Bertz CT molecular complexity index is 821. The highest BCUT2D eigenvalue weighted by Crippen LogP contribution is 2.35. The maximum atomic E-state index is 11.9. The fourth-order valence-electron chi connectivity index (χ4n) is 2.19. The average Bonchev–Trinajstić information content (AvgIpc) is 2.63. The van der Waals surface area contributed by atoms with Crippen molar-refractivity contribution in [2.75, 3.05) is 13.7 Å². The molecule has 0 atom stereocenters. The Morgan fingerprint density at radius 1 is 1.19 bits per heavy atom. The number of nitro groups is 1. The third kappa shape index (κ3) is 5.06. The third-order valence-corrected chi connectivity index (χ3v) is 4.56. The number of benzene rings is 2. The Labute approximate surface area is 154 Å². The number of esters is 1. The fourth-order valence-corrected chi connectivity index (χ4v) is 3.09. The summed E-state index contributed by atoms with van der Waals surface area (Å²) in [6, 6.07) is 11.5. The Morgan fingerprint density at radius 3 is 2.46 bits per heavy atom. The van der Waals surface area contributed by atoms with Gasteiger partial charge in [0.2, 0.25) is 0 Å². The van der Waals surface area contributed by atoms with Crippen LogP contribution in [0.25, 0.3) is 0 Å². The van der Waals surface area contributed by atoms with Crippen molar-refractivity contribution in [3.63, 3.8) is 0 Å². The summed E-state index contributed by atoms with van der Waals surface area (Å²) < 4.78 is 4.62. The van der Waals surface area contributed by atoms with Crippen molar-refractivity contribution in [1.82, 2.24) is 5.32 Å². The van der Waals surface area contributed by atoms with Gasteiger partial charge >= 0.3 is 5.97 Å². The van der Waals surface area contributed by atoms with E-state index >= 15 is 0 Å². The minimum Gasteiger partial charge on any atom is -0.469 e. The van der Waals surface area contributed by atoms with E-state index in [1.165, 1.54) is 24.9 Å². The van der Waals surface area contributed by atoms with Crippen LogP contribution < -0.4 is 5.32 Å². The minimum absolute atomic E-state index is 0.127. The lowest BCUT2D eigenvalue weighted by Gasteiger charge is -2.07. The maximum Gasteiger partial charge on any atom is 0.309 e. The second-order valence-corrected chi connectivity index (χ2v) is 6.41. The average molecular weight is 374 g/mol. The molecule has 0 aromatic heterocycles. The molecular formula is C18H18N2O5S. The van der Waals surface area contributed by atoms with Crippen LogP contribution in [0.3, 0.4) is 0 Å². The summed E-state index contributed by atoms with van der Waals surface area (Å²) in [7, 11) is 1.33. The molecule has 2 aromatic rings. The Morgan fingerprint density at radius 2 is 1.88 bits per heavy atom. The number of nitro benzene ring substituents is 1. The molecule has 0 aliphatic heterocycles. The standard InChI is InChI=1S/C18H18N2O5S/c1-3-19-18(22)13-6-9-16(15(11-13)20(23)24)26-14-7-4-12(5-8-14)10-17(21)25-2/h4-9,11H,3,10H2,1-2H3,(H,19,22).